The Morgan fingerprint density at radius 3 is 2.58 bits per heavy atom. The first-order chi connectivity index (χ1) is 12.1. The molecule has 1 aromatic heterocycles. The molecule has 0 unspecified atom stereocenters. The second-order valence-corrected chi connectivity index (χ2v) is 5.65. The van der Waals surface area contributed by atoms with Crippen LogP contribution in [0.25, 0.3) is 0 Å². The molecule has 2 rings (SSSR count). The lowest BCUT2D eigenvalue weighted by molar-refractivity contribution is -0.0925. The molecule has 1 aromatic carbocycles. The van der Waals surface area contributed by atoms with Crippen molar-refractivity contribution in [3.63, 3.8) is 0 Å². The number of hydrogen-bond donors (Lipinski definition) is 3. The minimum absolute atomic E-state index is 0.0769. The normalized spacial score (nSPS) is 13.0. The summed E-state index contributed by atoms with van der Waals surface area (Å²) in [6.07, 6.45) is -2.38. The topological polar surface area (TPSA) is 102 Å². The molecule has 0 atom stereocenters. The molecule has 0 spiro atoms. The first-order valence-electron chi connectivity index (χ1n) is 7.35. The Balaban J connectivity index is 2.04. The zero-order chi connectivity index (χ0) is 19.3. The van der Waals surface area contributed by atoms with E-state index >= 15 is 0 Å². The average molecular weight is 385 g/mol. The Labute approximate surface area is 152 Å². The zero-order valence-corrected chi connectivity index (χ0v) is 14.4. The van der Waals surface area contributed by atoms with E-state index in [0.717, 1.165) is 11.6 Å². The highest BCUT2D eigenvalue weighted by Crippen LogP contribution is 2.22. The van der Waals surface area contributed by atoms with E-state index in [2.05, 4.69) is 20.3 Å². The fourth-order valence-corrected chi connectivity index (χ4v) is 2.06. The molecule has 6 nitrogen and oxygen atoms in total. The van der Waals surface area contributed by atoms with Gasteiger partial charge in [-0.15, -0.1) is 0 Å². The van der Waals surface area contributed by atoms with Gasteiger partial charge < -0.3 is 16.8 Å². The van der Waals surface area contributed by atoms with Gasteiger partial charge in [-0.3, -0.25) is 4.99 Å². The summed E-state index contributed by atoms with van der Waals surface area (Å²) in [6, 6.07) is 6.90. The second-order valence-electron chi connectivity index (χ2n) is 5.31. The van der Waals surface area contributed by atoms with Crippen molar-refractivity contribution >= 4 is 34.5 Å². The van der Waals surface area contributed by atoms with Gasteiger partial charge in [0.05, 0.1) is 17.6 Å². The van der Waals surface area contributed by atoms with E-state index < -0.39 is 11.9 Å². The second kappa shape index (κ2) is 8.05. The smallest absolute Gasteiger partial charge is 0.395 e. The SMILES string of the molecule is CC(/C=C(\N)C(F)(F)F)=Nc1ccc(CNc2nc(Cl)ncc2N)cc1. The molecule has 1 heterocycles. The van der Waals surface area contributed by atoms with Gasteiger partial charge in [0.25, 0.3) is 0 Å². The number of anilines is 2. The van der Waals surface area contributed by atoms with E-state index in [0.29, 0.717) is 23.7 Å². The first kappa shape index (κ1) is 19.5. The Bertz CT molecular complexity index is 831. The van der Waals surface area contributed by atoms with Gasteiger partial charge in [-0.1, -0.05) is 12.1 Å². The van der Waals surface area contributed by atoms with Gasteiger partial charge in [-0.25, -0.2) is 4.98 Å². The number of benzene rings is 1. The van der Waals surface area contributed by atoms with Gasteiger partial charge >= 0.3 is 6.18 Å². The van der Waals surface area contributed by atoms with Crippen molar-refractivity contribution in [2.24, 2.45) is 10.7 Å². The van der Waals surface area contributed by atoms with Crippen LogP contribution in [0.2, 0.25) is 5.28 Å². The standard InChI is InChI=1S/C16H16ClF3N6/c1-9(6-13(22)16(18,19)20)25-11-4-2-10(3-5-11)7-23-14-12(21)8-24-15(17)26-14/h2-6,8H,7,21-22H2,1H3,(H,23,24,26)/b13-6-,25-9?. The van der Waals surface area contributed by atoms with E-state index in [4.69, 9.17) is 23.1 Å². The molecule has 0 fully saturated rings. The number of halogens is 4. The Hall–Kier alpha value is -2.81. The lowest BCUT2D eigenvalue weighted by Gasteiger charge is -2.08. The number of allylic oxidation sites excluding steroid dienone is 2. The molecule has 0 saturated heterocycles. The van der Waals surface area contributed by atoms with Gasteiger partial charge in [0, 0.05) is 12.3 Å². The molecule has 0 aliphatic carbocycles. The molecule has 0 aliphatic heterocycles. The van der Waals surface area contributed by atoms with Crippen molar-refractivity contribution in [3.8, 4) is 0 Å². The van der Waals surface area contributed by atoms with Crippen LogP contribution in [-0.4, -0.2) is 21.9 Å². The van der Waals surface area contributed by atoms with Gasteiger partial charge in [0.1, 0.15) is 5.70 Å². The number of nitrogens with one attached hydrogen (secondary N) is 1. The fourth-order valence-electron chi connectivity index (χ4n) is 1.93. The van der Waals surface area contributed by atoms with Crippen LogP contribution >= 0.6 is 11.6 Å². The van der Waals surface area contributed by atoms with E-state index in [9.17, 15) is 13.2 Å². The van der Waals surface area contributed by atoms with Crippen molar-refractivity contribution in [2.75, 3.05) is 11.1 Å². The maximum Gasteiger partial charge on any atom is 0.430 e. The molecule has 0 amide bonds. The van der Waals surface area contributed by atoms with Crippen molar-refractivity contribution in [1.29, 1.82) is 0 Å². The Morgan fingerprint density at radius 1 is 1.31 bits per heavy atom. The monoisotopic (exact) mass is 384 g/mol. The van der Waals surface area contributed by atoms with Gasteiger partial charge in [0.15, 0.2) is 5.82 Å². The molecule has 0 radical (unpaired) electrons. The molecule has 0 aliphatic rings. The third-order valence-corrected chi connectivity index (χ3v) is 3.36. The summed E-state index contributed by atoms with van der Waals surface area (Å²) in [5.74, 6) is 0.413. The van der Waals surface area contributed by atoms with E-state index in [1.165, 1.54) is 13.1 Å². The number of hydrogen-bond acceptors (Lipinski definition) is 6. The number of nitrogen functional groups attached to an aromatic ring is 1. The number of aromatic nitrogens is 2. The quantitative estimate of drug-likeness (QED) is 0.537. The van der Waals surface area contributed by atoms with Crippen LogP contribution < -0.4 is 16.8 Å². The first-order valence-corrected chi connectivity index (χ1v) is 7.73. The molecule has 138 valence electrons. The van der Waals surface area contributed by atoms with Crippen molar-refractivity contribution in [3.05, 3.63) is 53.1 Å². The third-order valence-electron chi connectivity index (χ3n) is 3.18. The molecule has 2 aromatic rings. The van der Waals surface area contributed by atoms with Gasteiger partial charge in [-0.2, -0.15) is 18.2 Å². The van der Waals surface area contributed by atoms with Crippen LogP contribution in [0.1, 0.15) is 12.5 Å². The maximum atomic E-state index is 12.4. The summed E-state index contributed by atoms with van der Waals surface area (Å²) in [6.45, 7) is 1.86. The van der Waals surface area contributed by atoms with Gasteiger partial charge in [-0.05, 0) is 42.3 Å². The number of rotatable bonds is 5. The summed E-state index contributed by atoms with van der Waals surface area (Å²) in [4.78, 5) is 11.8. The highest BCUT2D eigenvalue weighted by atomic mass is 35.5. The largest absolute Gasteiger partial charge is 0.430 e. The van der Waals surface area contributed by atoms with Crippen molar-refractivity contribution in [2.45, 2.75) is 19.6 Å². The fraction of sp³-hybridized carbons (Fsp3) is 0.188. The van der Waals surface area contributed by atoms with Crippen LogP contribution in [0.5, 0.6) is 0 Å². The molecule has 0 saturated carbocycles. The van der Waals surface area contributed by atoms with Crippen LogP contribution in [-0.2, 0) is 6.54 Å². The number of alkyl halides is 3. The number of nitrogens with two attached hydrogens (primary N) is 2. The zero-order valence-electron chi connectivity index (χ0n) is 13.7. The third kappa shape index (κ3) is 5.62. The Morgan fingerprint density at radius 2 is 1.96 bits per heavy atom. The number of aliphatic imine (C=N–C) groups is 1. The van der Waals surface area contributed by atoms with Crippen molar-refractivity contribution in [1.82, 2.24) is 9.97 Å². The summed E-state index contributed by atoms with van der Waals surface area (Å²) >= 11 is 5.72. The molecule has 5 N–H and O–H groups in total. The predicted octanol–water partition coefficient (Wildman–Crippen LogP) is 3.82. The summed E-state index contributed by atoms with van der Waals surface area (Å²) in [5, 5.41) is 3.10. The van der Waals surface area contributed by atoms with Gasteiger partial charge in [0.2, 0.25) is 5.28 Å². The molecular formula is C16H16ClF3N6. The maximum absolute atomic E-state index is 12.4. The summed E-state index contributed by atoms with van der Waals surface area (Å²) < 4.78 is 37.2. The highest BCUT2D eigenvalue weighted by molar-refractivity contribution is 6.28. The van der Waals surface area contributed by atoms with Crippen LogP contribution in [0.15, 0.2) is 47.2 Å². The number of nitrogens with zero attached hydrogens (tertiary/aromatic N) is 3. The van der Waals surface area contributed by atoms with E-state index in [1.807, 2.05) is 0 Å². The van der Waals surface area contributed by atoms with Crippen molar-refractivity contribution < 1.29 is 13.2 Å². The van der Waals surface area contributed by atoms with Crippen LogP contribution in [0.4, 0.5) is 30.4 Å². The minimum Gasteiger partial charge on any atom is -0.395 e. The highest BCUT2D eigenvalue weighted by Gasteiger charge is 2.31. The molecule has 26 heavy (non-hydrogen) atoms. The lowest BCUT2D eigenvalue weighted by Crippen LogP contribution is -2.20. The summed E-state index contributed by atoms with van der Waals surface area (Å²) in [5.41, 5.74) is 11.4. The average Bonchev–Trinajstić information content (AvgIpc) is 2.56. The van der Waals surface area contributed by atoms with Crippen LogP contribution in [0, 0.1) is 0 Å². The van der Waals surface area contributed by atoms with E-state index in [-0.39, 0.29) is 11.0 Å². The lowest BCUT2D eigenvalue weighted by atomic mass is 10.2. The predicted molar refractivity (Wildman–Crippen MR) is 96.3 cm³/mol. The summed E-state index contributed by atoms with van der Waals surface area (Å²) in [7, 11) is 0. The Kier molecular flexibility index (Phi) is 6.04. The van der Waals surface area contributed by atoms with E-state index in [1.54, 1.807) is 24.3 Å². The molecule has 10 heteroatoms. The minimum atomic E-state index is -4.57. The van der Waals surface area contributed by atoms with Crippen LogP contribution in [0.3, 0.4) is 0 Å². The molecular weight excluding hydrogens is 369 g/mol. The molecule has 0 bridgehead atoms.